The quantitative estimate of drug-likeness (QED) is 0.905. The van der Waals surface area contributed by atoms with E-state index in [1.165, 1.54) is 4.31 Å². The Morgan fingerprint density at radius 2 is 2.11 bits per heavy atom. The summed E-state index contributed by atoms with van der Waals surface area (Å²) in [4.78, 5) is 0.198. The van der Waals surface area contributed by atoms with Crippen molar-refractivity contribution in [2.24, 2.45) is 0 Å². The molecule has 1 saturated heterocycles. The summed E-state index contributed by atoms with van der Waals surface area (Å²) in [6.45, 7) is 5.49. The van der Waals surface area contributed by atoms with Crippen molar-refractivity contribution in [2.45, 2.75) is 24.8 Å². The molecule has 0 saturated carbocycles. The highest BCUT2D eigenvalue weighted by Gasteiger charge is 2.29. The van der Waals surface area contributed by atoms with Crippen molar-refractivity contribution in [3.8, 4) is 0 Å². The average Bonchev–Trinajstić information content (AvgIpc) is 2.28. The number of halogens is 2. The first-order chi connectivity index (χ1) is 8.41. The second kappa shape index (κ2) is 6.41. The monoisotopic (exact) mass is 324 g/mol. The van der Waals surface area contributed by atoms with E-state index in [4.69, 9.17) is 11.6 Å². The van der Waals surface area contributed by atoms with Gasteiger partial charge in [-0.3, -0.25) is 0 Å². The molecule has 4 nitrogen and oxygen atoms in total. The van der Waals surface area contributed by atoms with Gasteiger partial charge in [0.2, 0.25) is 10.0 Å². The third kappa shape index (κ3) is 3.61. The fourth-order valence-electron chi connectivity index (χ4n) is 2.07. The van der Waals surface area contributed by atoms with E-state index >= 15 is 0 Å². The molecule has 108 valence electrons. The largest absolute Gasteiger partial charge is 0.312 e. The van der Waals surface area contributed by atoms with E-state index in [1.807, 2.05) is 13.8 Å². The van der Waals surface area contributed by atoms with Crippen LogP contribution in [-0.2, 0) is 10.0 Å². The summed E-state index contributed by atoms with van der Waals surface area (Å²) in [6, 6.07) is 5.20. The molecular weight excluding hydrogens is 307 g/mol. The molecule has 0 aromatic heterocycles. The van der Waals surface area contributed by atoms with Gasteiger partial charge in [-0.15, -0.1) is 12.4 Å². The lowest BCUT2D eigenvalue weighted by Crippen LogP contribution is -2.51. The van der Waals surface area contributed by atoms with Gasteiger partial charge in [-0.25, -0.2) is 8.42 Å². The van der Waals surface area contributed by atoms with Crippen molar-refractivity contribution in [3.63, 3.8) is 0 Å². The van der Waals surface area contributed by atoms with Crippen LogP contribution in [-0.4, -0.2) is 38.4 Å². The van der Waals surface area contributed by atoms with Gasteiger partial charge in [0.15, 0.2) is 0 Å². The number of hydrogen-bond acceptors (Lipinski definition) is 3. The molecule has 7 heteroatoms. The Hall–Kier alpha value is -0.330. The molecule has 1 aliphatic heterocycles. The molecule has 1 fully saturated rings. The zero-order chi connectivity index (χ0) is 13.3. The van der Waals surface area contributed by atoms with Crippen LogP contribution in [0.25, 0.3) is 0 Å². The highest BCUT2D eigenvalue weighted by Crippen LogP contribution is 2.26. The maximum absolute atomic E-state index is 12.5. The van der Waals surface area contributed by atoms with E-state index < -0.39 is 10.0 Å². The van der Waals surface area contributed by atoms with Crippen LogP contribution >= 0.6 is 24.0 Å². The number of sulfonamides is 1. The lowest BCUT2D eigenvalue weighted by atomic mass is 10.2. The molecule has 0 unspecified atom stereocenters. The Balaban J connectivity index is 0.00000180. The number of aryl methyl sites for hydroxylation is 1. The molecule has 1 aromatic carbocycles. The highest BCUT2D eigenvalue weighted by atomic mass is 35.5. The number of benzene rings is 1. The van der Waals surface area contributed by atoms with Crippen molar-refractivity contribution in [1.29, 1.82) is 0 Å². The van der Waals surface area contributed by atoms with E-state index in [0.29, 0.717) is 24.7 Å². The lowest BCUT2D eigenvalue weighted by molar-refractivity contribution is 0.310. The number of rotatable bonds is 2. The third-order valence-electron chi connectivity index (χ3n) is 3.04. The predicted molar refractivity (Wildman–Crippen MR) is 79.7 cm³/mol. The first kappa shape index (κ1) is 16.7. The minimum Gasteiger partial charge on any atom is -0.312 e. The van der Waals surface area contributed by atoms with Gasteiger partial charge in [0.05, 0.1) is 5.02 Å². The lowest BCUT2D eigenvalue weighted by Gasteiger charge is -2.31. The Kier molecular flexibility index (Phi) is 5.65. The van der Waals surface area contributed by atoms with Crippen LogP contribution in [0.1, 0.15) is 12.5 Å². The Morgan fingerprint density at radius 1 is 1.42 bits per heavy atom. The number of nitrogens with zero attached hydrogens (tertiary/aromatic N) is 1. The molecule has 0 radical (unpaired) electrons. The number of hydrogen-bond donors (Lipinski definition) is 1. The first-order valence-corrected chi connectivity index (χ1v) is 7.73. The summed E-state index contributed by atoms with van der Waals surface area (Å²) in [5, 5.41) is 3.51. The highest BCUT2D eigenvalue weighted by molar-refractivity contribution is 7.89. The molecule has 1 aromatic rings. The van der Waals surface area contributed by atoms with Crippen LogP contribution in [0.15, 0.2) is 23.1 Å². The van der Waals surface area contributed by atoms with Crippen LogP contribution in [0.5, 0.6) is 0 Å². The topological polar surface area (TPSA) is 49.4 Å². The fraction of sp³-hybridized carbons (Fsp3) is 0.500. The second-order valence-corrected chi connectivity index (χ2v) is 6.97. The average molecular weight is 325 g/mol. The van der Waals surface area contributed by atoms with Crippen LogP contribution in [0.3, 0.4) is 0 Å². The van der Waals surface area contributed by atoms with Gasteiger partial charge in [-0.05, 0) is 31.5 Å². The van der Waals surface area contributed by atoms with Gasteiger partial charge in [0, 0.05) is 25.7 Å². The minimum atomic E-state index is -3.48. The van der Waals surface area contributed by atoms with Gasteiger partial charge in [0.25, 0.3) is 0 Å². The molecule has 1 heterocycles. The van der Waals surface area contributed by atoms with Crippen molar-refractivity contribution >= 4 is 34.0 Å². The van der Waals surface area contributed by atoms with Crippen molar-refractivity contribution in [2.75, 3.05) is 19.6 Å². The van der Waals surface area contributed by atoms with Crippen molar-refractivity contribution in [3.05, 3.63) is 28.8 Å². The summed E-state index contributed by atoms with van der Waals surface area (Å²) in [6.07, 6.45) is 0. The zero-order valence-electron chi connectivity index (χ0n) is 10.9. The Labute approximate surface area is 125 Å². The van der Waals surface area contributed by atoms with Crippen LogP contribution in [0, 0.1) is 6.92 Å². The summed E-state index contributed by atoms with van der Waals surface area (Å²) >= 11 is 6.05. The van der Waals surface area contributed by atoms with E-state index in [9.17, 15) is 8.42 Å². The van der Waals surface area contributed by atoms with Gasteiger partial charge in [0.1, 0.15) is 4.90 Å². The molecule has 0 spiro atoms. The second-order valence-electron chi connectivity index (χ2n) is 4.65. The summed E-state index contributed by atoms with van der Waals surface area (Å²) < 4.78 is 26.4. The summed E-state index contributed by atoms with van der Waals surface area (Å²) in [7, 11) is -3.48. The van der Waals surface area contributed by atoms with Crippen LogP contribution < -0.4 is 5.32 Å². The zero-order valence-corrected chi connectivity index (χ0v) is 13.3. The fourth-order valence-corrected chi connectivity index (χ4v) is 4.17. The van der Waals surface area contributed by atoms with E-state index in [0.717, 1.165) is 5.56 Å². The Bertz CT molecular complexity index is 549. The first-order valence-electron chi connectivity index (χ1n) is 5.91. The molecule has 2 rings (SSSR count). The van der Waals surface area contributed by atoms with E-state index in [1.54, 1.807) is 18.2 Å². The van der Waals surface area contributed by atoms with E-state index in [-0.39, 0.29) is 23.3 Å². The molecule has 0 aliphatic carbocycles. The predicted octanol–water partition coefficient (Wildman–Crippen LogP) is 2.05. The molecular formula is C12H18Cl2N2O2S. The Morgan fingerprint density at radius 3 is 2.68 bits per heavy atom. The van der Waals surface area contributed by atoms with Gasteiger partial charge in [-0.1, -0.05) is 17.7 Å². The van der Waals surface area contributed by atoms with Crippen molar-refractivity contribution < 1.29 is 8.42 Å². The van der Waals surface area contributed by atoms with Crippen LogP contribution in [0.2, 0.25) is 5.02 Å². The molecule has 19 heavy (non-hydrogen) atoms. The van der Waals surface area contributed by atoms with Crippen LogP contribution in [0.4, 0.5) is 0 Å². The van der Waals surface area contributed by atoms with Gasteiger partial charge < -0.3 is 5.32 Å². The third-order valence-corrected chi connectivity index (χ3v) is 5.38. The number of piperazine rings is 1. The molecule has 1 N–H and O–H groups in total. The normalized spacial score (nSPS) is 20.9. The minimum absolute atomic E-state index is 0. The summed E-state index contributed by atoms with van der Waals surface area (Å²) in [5.41, 5.74) is 0.952. The SMILES string of the molecule is Cc1ccc(S(=O)(=O)N2CCN[C@H](C)C2)c(Cl)c1.Cl. The standard InChI is InChI=1S/C12H17ClN2O2S.ClH/c1-9-3-4-12(11(13)7-9)18(16,17)15-6-5-14-10(2)8-15;/h3-4,7,10,14H,5-6,8H2,1-2H3;1H/t10-;/m1./s1. The molecule has 0 bridgehead atoms. The van der Waals surface area contributed by atoms with Crippen molar-refractivity contribution in [1.82, 2.24) is 9.62 Å². The molecule has 0 amide bonds. The molecule has 1 aliphatic rings. The van der Waals surface area contributed by atoms with Gasteiger partial charge >= 0.3 is 0 Å². The molecule has 1 atom stereocenters. The maximum Gasteiger partial charge on any atom is 0.244 e. The smallest absolute Gasteiger partial charge is 0.244 e. The van der Waals surface area contributed by atoms with E-state index in [2.05, 4.69) is 5.32 Å². The van der Waals surface area contributed by atoms with Gasteiger partial charge in [-0.2, -0.15) is 4.31 Å². The number of nitrogens with one attached hydrogen (secondary N) is 1. The maximum atomic E-state index is 12.5. The summed E-state index contributed by atoms with van der Waals surface area (Å²) in [5.74, 6) is 0.